The summed E-state index contributed by atoms with van der Waals surface area (Å²) < 4.78 is 5.44. The van der Waals surface area contributed by atoms with E-state index in [0.29, 0.717) is 10.8 Å². The Balaban J connectivity index is 1.40. The van der Waals surface area contributed by atoms with E-state index < -0.39 is 29.1 Å². The van der Waals surface area contributed by atoms with E-state index in [0.717, 1.165) is 19.3 Å². The molecule has 126 valence electrons. The second kappa shape index (κ2) is 4.78. The lowest BCUT2D eigenvalue weighted by atomic mass is 9.59. The third kappa shape index (κ3) is 1.75. The van der Waals surface area contributed by atoms with Gasteiger partial charge in [-0.15, -0.1) is 0 Å². The molecule has 0 saturated heterocycles. The molecule has 6 rings (SSSR count). The van der Waals surface area contributed by atoms with Gasteiger partial charge in [0, 0.05) is 5.41 Å². The zero-order chi connectivity index (χ0) is 17.2. The lowest BCUT2D eigenvalue weighted by Gasteiger charge is -2.43. The fourth-order valence-corrected chi connectivity index (χ4v) is 4.63. The molecule has 3 aliphatic carbocycles. The van der Waals surface area contributed by atoms with E-state index in [2.05, 4.69) is 4.98 Å². The molecule has 0 N–H and O–H groups in total. The van der Waals surface area contributed by atoms with Crippen molar-refractivity contribution in [2.75, 3.05) is 0 Å². The quantitative estimate of drug-likeness (QED) is 0.796. The van der Waals surface area contributed by atoms with Crippen LogP contribution in [0.1, 0.15) is 45.7 Å². The fourth-order valence-electron chi connectivity index (χ4n) is 4.63. The molecule has 3 saturated carbocycles. The van der Waals surface area contributed by atoms with Crippen molar-refractivity contribution in [1.82, 2.24) is 10.0 Å². The molecule has 3 unspecified atom stereocenters. The van der Waals surface area contributed by atoms with Crippen molar-refractivity contribution in [2.45, 2.75) is 24.7 Å². The minimum Gasteiger partial charge on any atom is -0.448 e. The number of oxazole rings is 1. The molecule has 7 heteroatoms. The van der Waals surface area contributed by atoms with Crippen LogP contribution in [-0.4, -0.2) is 27.8 Å². The summed E-state index contributed by atoms with van der Waals surface area (Å²) in [6, 6.07) is 6.43. The van der Waals surface area contributed by atoms with Crippen molar-refractivity contribution in [1.29, 1.82) is 0 Å². The number of hydrogen-bond donors (Lipinski definition) is 0. The first-order valence-corrected chi connectivity index (χ1v) is 8.20. The fraction of sp³-hybridized carbons (Fsp3) is 0.333. The molecular weight excluding hydrogens is 324 g/mol. The Morgan fingerprint density at radius 2 is 1.96 bits per heavy atom. The SMILES string of the molecule is O=C(ON1C(=O)c2ccccc2C1=O)C1C2CCC1(c1cnco1)C2. The van der Waals surface area contributed by atoms with E-state index >= 15 is 0 Å². The van der Waals surface area contributed by atoms with Gasteiger partial charge >= 0.3 is 5.97 Å². The first kappa shape index (κ1) is 14.4. The summed E-state index contributed by atoms with van der Waals surface area (Å²) in [5.41, 5.74) is 0.0837. The van der Waals surface area contributed by atoms with Crippen LogP contribution in [0.4, 0.5) is 0 Å². The summed E-state index contributed by atoms with van der Waals surface area (Å²) in [4.78, 5) is 46.7. The summed E-state index contributed by atoms with van der Waals surface area (Å²) in [7, 11) is 0. The Bertz CT molecular complexity index is 867. The second-order valence-electron chi connectivity index (χ2n) is 6.86. The van der Waals surface area contributed by atoms with E-state index in [4.69, 9.17) is 9.25 Å². The van der Waals surface area contributed by atoms with Gasteiger partial charge in [-0.2, -0.15) is 0 Å². The summed E-state index contributed by atoms with van der Waals surface area (Å²) in [6.07, 6.45) is 5.52. The second-order valence-corrected chi connectivity index (χ2v) is 6.86. The molecule has 4 aliphatic rings. The van der Waals surface area contributed by atoms with E-state index in [9.17, 15) is 14.4 Å². The lowest BCUT2D eigenvalue weighted by Crippen LogP contribution is -2.50. The van der Waals surface area contributed by atoms with Crippen molar-refractivity contribution in [3.05, 3.63) is 53.7 Å². The van der Waals surface area contributed by atoms with Crippen LogP contribution in [0.15, 0.2) is 41.3 Å². The Morgan fingerprint density at radius 1 is 1.24 bits per heavy atom. The number of hydrogen-bond acceptors (Lipinski definition) is 6. The van der Waals surface area contributed by atoms with Crippen LogP contribution in [0.3, 0.4) is 0 Å². The Kier molecular flexibility index (Phi) is 2.75. The van der Waals surface area contributed by atoms with Gasteiger partial charge < -0.3 is 9.25 Å². The molecule has 2 amide bonds. The van der Waals surface area contributed by atoms with Gasteiger partial charge in [0.05, 0.1) is 23.2 Å². The van der Waals surface area contributed by atoms with Crippen LogP contribution in [0.5, 0.6) is 0 Å². The molecule has 1 aromatic carbocycles. The molecule has 2 bridgehead atoms. The van der Waals surface area contributed by atoms with Crippen molar-refractivity contribution >= 4 is 17.8 Å². The van der Waals surface area contributed by atoms with Gasteiger partial charge in [0.1, 0.15) is 5.76 Å². The predicted molar refractivity (Wildman–Crippen MR) is 82.0 cm³/mol. The summed E-state index contributed by atoms with van der Waals surface area (Å²) in [5, 5.41) is 0.582. The highest BCUT2D eigenvalue weighted by molar-refractivity contribution is 6.20. The van der Waals surface area contributed by atoms with E-state index in [1.165, 1.54) is 6.39 Å². The minimum atomic E-state index is -0.602. The van der Waals surface area contributed by atoms with Crippen LogP contribution in [0, 0.1) is 11.8 Å². The van der Waals surface area contributed by atoms with E-state index in [1.54, 1.807) is 30.5 Å². The maximum Gasteiger partial charge on any atom is 0.337 e. The van der Waals surface area contributed by atoms with Gasteiger partial charge in [-0.05, 0) is 37.3 Å². The zero-order valence-corrected chi connectivity index (χ0v) is 13.2. The zero-order valence-electron chi connectivity index (χ0n) is 13.2. The molecule has 1 aliphatic heterocycles. The number of nitrogens with zero attached hydrogens (tertiary/aromatic N) is 2. The highest BCUT2D eigenvalue weighted by Crippen LogP contribution is 2.64. The Labute approximate surface area is 142 Å². The van der Waals surface area contributed by atoms with Gasteiger partial charge in [0.2, 0.25) is 0 Å². The molecule has 0 radical (unpaired) electrons. The first-order chi connectivity index (χ1) is 12.1. The van der Waals surface area contributed by atoms with Gasteiger partial charge in [-0.25, -0.2) is 9.78 Å². The average Bonchev–Trinajstić information content (AvgIpc) is 3.35. The topological polar surface area (TPSA) is 89.7 Å². The van der Waals surface area contributed by atoms with Crippen LogP contribution in [0.2, 0.25) is 0 Å². The number of carbonyl (C=O) groups excluding carboxylic acids is 3. The average molecular weight is 338 g/mol. The predicted octanol–water partition coefficient (Wildman–Crippen LogP) is 2.10. The highest BCUT2D eigenvalue weighted by Gasteiger charge is 2.66. The van der Waals surface area contributed by atoms with Crippen molar-refractivity contribution in [3.63, 3.8) is 0 Å². The maximum absolute atomic E-state index is 12.8. The summed E-state index contributed by atoms with van der Waals surface area (Å²) >= 11 is 0. The monoisotopic (exact) mass is 338 g/mol. The molecule has 2 aromatic rings. The van der Waals surface area contributed by atoms with E-state index in [-0.39, 0.29) is 17.0 Å². The van der Waals surface area contributed by atoms with Crippen LogP contribution in [-0.2, 0) is 15.0 Å². The molecular formula is C18H14N2O5. The van der Waals surface area contributed by atoms with E-state index in [1.807, 2.05) is 0 Å². The van der Waals surface area contributed by atoms with Gasteiger partial charge in [-0.1, -0.05) is 17.2 Å². The first-order valence-electron chi connectivity index (χ1n) is 8.20. The molecule has 1 aromatic heterocycles. The molecule has 3 fully saturated rings. The number of carbonyl (C=O) groups is 3. The molecule has 2 heterocycles. The van der Waals surface area contributed by atoms with Crippen LogP contribution >= 0.6 is 0 Å². The number of amides is 2. The summed E-state index contributed by atoms with van der Waals surface area (Å²) in [6.45, 7) is 0. The maximum atomic E-state index is 12.8. The van der Waals surface area contributed by atoms with Crippen LogP contribution in [0.25, 0.3) is 0 Å². The Hall–Kier alpha value is -2.96. The third-order valence-electron chi connectivity index (χ3n) is 5.77. The molecule has 7 nitrogen and oxygen atoms in total. The number of aromatic nitrogens is 1. The highest BCUT2D eigenvalue weighted by atomic mass is 16.7. The number of benzene rings is 1. The van der Waals surface area contributed by atoms with Gasteiger partial charge in [0.15, 0.2) is 6.39 Å². The van der Waals surface area contributed by atoms with Gasteiger partial charge in [-0.3, -0.25) is 9.59 Å². The number of imide groups is 1. The number of hydroxylamine groups is 2. The molecule has 0 spiro atoms. The largest absolute Gasteiger partial charge is 0.448 e. The standard InChI is InChI=1S/C18H14N2O5/c21-15-11-3-1-2-4-12(11)16(22)20(15)25-17(23)14-10-5-6-18(14,7-10)13-8-19-9-24-13/h1-4,8-10,14H,5-7H2. The minimum absolute atomic E-state index is 0.188. The Morgan fingerprint density at radius 3 is 2.56 bits per heavy atom. The van der Waals surface area contributed by atoms with Crippen LogP contribution < -0.4 is 0 Å². The van der Waals surface area contributed by atoms with Crippen molar-refractivity contribution < 1.29 is 23.6 Å². The van der Waals surface area contributed by atoms with Crippen molar-refractivity contribution in [3.8, 4) is 0 Å². The summed E-state index contributed by atoms with van der Waals surface area (Å²) in [5.74, 6) is -1.31. The number of rotatable bonds is 3. The lowest BCUT2D eigenvalue weighted by molar-refractivity contribution is -0.183. The van der Waals surface area contributed by atoms with Gasteiger partial charge in [0.25, 0.3) is 11.8 Å². The smallest absolute Gasteiger partial charge is 0.337 e. The molecule has 3 atom stereocenters. The molecule has 25 heavy (non-hydrogen) atoms. The number of fused-ring (bicyclic) bond motifs is 2. The normalized spacial score (nSPS) is 29.5. The van der Waals surface area contributed by atoms with Crippen molar-refractivity contribution in [2.24, 2.45) is 11.8 Å². The third-order valence-corrected chi connectivity index (χ3v) is 5.77.